The number of ketones is 1. The van der Waals surface area contributed by atoms with Gasteiger partial charge in [-0.05, 0) is 25.3 Å². The average molecular weight is 298 g/mol. The molecule has 114 valence electrons. The van der Waals surface area contributed by atoms with E-state index in [1.54, 1.807) is 13.8 Å². The molecule has 2 aromatic rings. The van der Waals surface area contributed by atoms with Crippen LogP contribution in [0.2, 0.25) is 0 Å². The van der Waals surface area contributed by atoms with Gasteiger partial charge in [0.2, 0.25) is 5.76 Å². The maximum Gasteiger partial charge on any atom is 0.374 e. The van der Waals surface area contributed by atoms with Crippen molar-refractivity contribution < 1.29 is 18.7 Å². The lowest BCUT2D eigenvalue weighted by Gasteiger charge is -2.20. The Hall–Kier alpha value is -2.36. The first kappa shape index (κ1) is 14.6. The summed E-state index contributed by atoms with van der Waals surface area (Å²) in [5.74, 6) is 0.395. The van der Waals surface area contributed by atoms with E-state index in [0.29, 0.717) is 29.7 Å². The molecule has 4 nitrogen and oxygen atoms in total. The highest BCUT2D eigenvalue weighted by atomic mass is 16.5. The smallest absolute Gasteiger partial charge is 0.374 e. The van der Waals surface area contributed by atoms with Crippen molar-refractivity contribution in [3.8, 4) is 0 Å². The molecule has 0 amide bonds. The number of esters is 1. The lowest BCUT2D eigenvalue weighted by Crippen LogP contribution is -2.18. The van der Waals surface area contributed by atoms with Gasteiger partial charge in [-0.1, -0.05) is 30.3 Å². The molecule has 1 unspecified atom stereocenters. The van der Waals surface area contributed by atoms with Gasteiger partial charge in [0.05, 0.1) is 12.2 Å². The Kier molecular flexibility index (Phi) is 3.84. The topological polar surface area (TPSA) is 56.5 Å². The fourth-order valence-corrected chi connectivity index (χ4v) is 3.06. The summed E-state index contributed by atoms with van der Waals surface area (Å²) >= 11 is 0. The van der Waals surface area contributed by atoms with Crippen molar-refractivity contribution in [2.24, 2.45) is 0 Å². The summed E-state index contributed by atoms with van der Waals surface area (Å²) in [6.45, 7) is 3.77. The molecule has 0 saturated heterocycles. The van der Waals surface area contributed by atoms with E-state index in [1.165, 1.54) is 0 Å². The summed E-state index contributed by atoms with van der Waals surface area (Å²) in [6, 6.07) is 9.92. The van der Waals surface area contributed by atoms with Gasteiger partial charge in [0.1, 0.15) is 5.76 Å². The predicted molar refractivity (Wildman–Crippen MR) is 81.2 cm³/mol. The number of benzene rings is 1. The molecule has 1 aliphatic rings. The molecule has 22 heavy (non-hydrogen) atoms. The Labute approximate surface area is 129 Å². The summed E-state index contributed by atoms with van der Waals surface area (Å²) in [5, 5.41) is 0. The number of rotatable bonds is 3. The Morgan fingerprint density at radius 2 is 2.00 bits per heavy atom. The van der Waals surface area contributed by atoms with E-state index in [2.05, 4.69) is 0 Å². The molecule has 0 N–H and O–H groups in total. The molecule has 0 radical (unpaired) electrons. The van der Waals surface area contributed by atoms with E-state index >= 15 is 0 Å². The molecule has 0 aliphatic heterocycles. The molecule has 0 fully saturated rings. The van der Waals surface area contributed by atoms with Gasteiger partial charge >= 0.3 is 5.97 Å². The average Bonchev–Trinajstić information content (AvgIpc) is 2.86. The Balaban J connectivity index is 1.95. The third kappa shape index (κ3) is 2.45. The zero-order valence-electron chi connectivity index (χ0n) is 12.7. The highest BCUT2D eigenvalue weighted by Crippen LogP contribution is 2.36. The third-order valence-electron chi connectivity index (χ3n) is 4.09. The Bertz CT molecular complexity index is 712. The molecule has 0 spiro atoms. The lowest BCUT2D eigenvalue weighted by atomic mass is 9.82. The maximum absolute atomic E-state index is 12.5. The normalized spacial score (nSPS) is 17.2. The summed E-state index contributed by atoms with van der Waals surface area (Å²) in [7, 11) is 0. The van der Waals surface area contributed by atoms with Crippen LogP contribution in [-0.2, 0) is 11.2 Å². The van der Waals surface area contributed by atoms with E-state index in [9.17, 15) is 9.59 Å². The van der Waals surface area contributed by atoms with Gasteiger partial charge in [0, 0.05) is 18.4 Å². The van der Waals surface area contributed by atoms with Gasteiger partial charge in [-0.3, -0.25) is 4.79 Å². The highest BCUT2D eigenvalue weighted by molar-refractivity contribution is 6.03. The van der Waals surface area contributed by atoms with Crippen LogP contribution in [0.5, 0.6) is 0 Å². The van der Waals surface area contributed by atoms with Gasteiger partial charge in [-0.2, -0.15) is 0 Å². The summed E-state index contributed by atoms with van der Waals surface area (Å²) in [5.41, 5.74) is 2.29. The minimum Gasteiger partial charge on any atom is -0.460 e. The molecule has 1 atom stereocenters. The molecular formula is C18H18O4. The standard InChI is InChI=1S/C18H18O4/c1-3-21-18(20)17-11(2)16-14(19)9-13(10-15(16)22-17)12-7-5-4-6-8-12/h4-8,13H,3,9-10H2,1-2H3. The van der Waals surface area contributed by atoms with Gasteiger partial charge < -0.3 is 9.15 Å². The van der Waals surface area contributed by atoms with Crippen molar-refractivity contribution in [1.82, 2.24) is 0 Å². The first-order valence-corrected chi connectivity index (χ1v) is 7.49. The fourth-order valence-electron chi connectivity index (χ4n) is 3.06. The second kappa shape index (κ2) is 5.79. The van der Waals surface area contributed by atoms with Crippen LogP contribution in [0.3, 0.4) is 0 Å². The first-order valence-electron chi connectivity index (χ1n) is 7.49. The van der Waals surface area contributed by atoms with E-state index in [-0.39, 0.29) is 24.1 Å². The molecule has 0 saturated carbocycles. The summed E-state index contributed by atoms with van der Waals surface area (Å²) < 4.78 is 10.7. The van der Waals surface area contributed by atoms with Crippen molar-refractivity contribution in [2.45, 2.75) is 32.6 Å². The van der Waals surface area contributed by atoms with Crippen LogP contribution in [-0.4, -0.2) is 18.4 Å². The monoisotopic (exact) mass is 298 g/mol. The Morgan fingerprint density at radius 3 is 2.68 bits per heavy atom. The number of ether oxygens (including phenoxy) is 1. The second-order valence-corrected chi connectivity index (χ2v) is 5.51. The number of Topliss-reactive ketones (excluding diaryl/α,β-unsaturated/α-hetero) is 1. The number of hydrogen-bond acceptors (Lipinski definition) is 4. The van der Waals surface area contributed by atoms with Crippen LogP contribution in [0.4, 0.5) is 0 Å². The SMILES string of the molecule is CCOC(=O)c1oc2c(c1C)C(=O)CC(c1ccccc1)C2. The molecule has 1 aromatic carbocycles. The van der Waals surface area contributed by atoms with Crippen molar-refractivity contribution in [3.63, 3.8) is 0 Å². The van der Waals surface area contributed by atoms with Crippen molar-refractivity contribution in [2.75, 3.05) is 6.61 Å². The van der Waals surface area contributed by atoms with E-state index < -0.39 is 5.97 Å². The summed E-state index contributed by atoms with van der Waals surface area (Å²) in [6.07, 6.45) is 1.07. The van der Waals surface area contributed by atoms with Crippen LogP contribution in [0.25, 0.3) is 0 Å². The quantitative estimate of drug-likeness (QED) is 0.811. The zero-order valence-corrected chi connectivity index (χ0v) is 12.7. The second-order valence-electron chi connectivity index (χ2n) is 5.51. The minimum absolute atomic E-state index is 0.0342. The van der Waals surface area contributed by atoms with Crippen LogP contribution >= 0.6 is 0 Å². The number of carbonyl (C=O) groups excluding carboxylic acids is 2. The highest BCUT2D eigenvalue weighted by Gasteiger charge is 2.34. The third-order valence-corrected chi connectivity index (χ3v) is 4.09. The molecular weight excluding hydrogens is 280 g/mol. The number of fused-ring (bicyclic) bond motifs is 1. The largest absolute Gasteiger partial charge is 0.460 e. The first-order chi connectivity index (χ1) is 10.6. The number of carbonyl (C=O) groups is 2. The summed E-state index contributed by atoms with van der Waals surface area (Å²) in [4.78, 5) is 24.4. The fraction of sp³-hybridized carbons (Fsp3) is 0.333. The van der Waals surface area contributed by atoms with Gasteiger partial charge in [0.15, 0.2) is 5.78 Å². The molecule has 1 heterocycles. The number of furan rings is 1. The lowest BCUT2D eigenvalue weighted by molar-refractivity contribution is 0.0486. The minimum atomic E-state index is -0.501. The van der Waals surface area contributed by atoms with Crippen LogP contribution < -0.4 is 0 Å². The number of hydrogen-bond donors (Lipinski definition) is 0. The van der Waals surface area contributed by atoms with Crippen molar-refractivity contribution in [3.05, 3.63) is 58.5 Å². The van der Waals surface area contributed by atoms with Crippen LogP contribution in [0, 0.1) is 6.92 Å². The van der Waals surface area contributed by atoms with Gasteiger partial charge in [0.25, 0.3) is 0 Å². The van der Waals surface area contributed by atoms with Crippen molar-refractivity contribution >= 4 is 11.8 Å². The van der Waals surface area contributed by atoms with E-state index in [4.69, 9.17) is 9.15 Å². The molecule has 4 heteroatoms. The molecule has 1 aromatic heterocycles. The maximum atomic E-state index is 12.5. The van der Waals surface area contributed by atoms with E-state index in [0.717, 1.165) is 5.56 Å². The molecule has 1 aliphatic carbocycles. The van der Waals surface area contributed by atoms with Crippen LogP contribution in [0.15, 0.2) is 34.7 Å². The van der Waals surface area contributed by atoms with Crippen LogP contribution in [0.1, 0.15) is 57.1 Å². The van der Waals surface area contributed by atoms with Gasteiger partial charge in [-0.15, -0.1) is 0 Å². The van der Waals surface area contributed by atoms with Gasteiger partial charge in [-0.25, -0.2) is 4.79 Å². The Morgan fingerprint density at radius 1 is 1.27 bits per heavy atom. The van der Waals surface area contributed by atoms with E-state index in [1.807, 2.05) is 30.3 Å². The molecule has 3 rings (SSSR count). The molecule has 0 bridgehead atoms. The zero-order chi connectivity index (χ0) is 15.7. The predicted octanol–water partition coefficient (Wildman–Crippen LogP) is 3.68. The van der Waals surface area contributed by atoms with Crippen molar-refractivity contribution in [1.29, 1.82) is 0 Å².